The van der Waals surface area contributed by atoms with Gasteiger partial charge < -0.3 is 5.73 Å². The van der Waals surface area contributed by atoms with Gasteiger partial charge in [0.1, 0.15) is 5.54 Å². The van der Waals surface area contributed by atoms with Crippen LogP contribution in [-0.2, 0) is 0 Å². The molecule has 0 aromatic heterocycles. The third kappa shape index (κ3) is 2.16. The van der Waals surface area contributed by atoms with Crippen molar-refractivity contribution in [2.75, 3.05) is 19.6 Å². The Morgan fingerprint density at radius 3 is 2.27 bits per heavy atom. The minimum absolute atomic E-state index is 0.453. The van der Waals surface area contributed by atoms with Gasteiger partial charge in [0.25, 0.3) is 0 Å². The zero-order chi connectivity index (χ0) is 11.1. The lowest BCUT2D eigenvalue weighted by atomic mass is 9.96. The molecular weight excluding hydrogens is 186 g/mol. The molecule has 1 saturated heterocycles. The third-order valence-corrected chi connectivity index (χ3v) is 4.06. The zero-order valence-corrected chi connectivity index (χ0v) is 9.74. The van der Waals surface area contributed by atoms with Gasteiger partial charge in [-0.3, -0.25) is 4.90 Å². The van der Waals surface area contributed by atoms with E-state index >= 15 is 0 Å². The minimum atomic E-state index is -0.580. The second kappa shape index (κ2) is 3.77. The summed E-state index contributed by atoms with van der Waals surface area (Å²) in [7, 11) is 0. The van der Waals surface area contributed by atoms with E-state index in [-0.39, 0.29) is 0 Å². The molecule has 1 aliphatic carbocycles. The fourth-order valence-corrected chi connectivity index (χ4v) is 2.60. The molecule has 1 aliphatic heterocycles. The van der Waals surface area contributed by atoms with Gasteiger partial charge >= 0.3 is 0 Å². The highest BCUT2D eigenvalue weighted by molar-refractivity contribution is 5.15. The summed E-state index contributed by atoms with van der Waals surface area (Å²) in [5, 5.41) is 9.19. The van der Waals surface area contributed by atoms with E-state index in [0.29, 0.717) is 5.92 Å². The molecule has 3 heteroatoms. The Morgan fingerprint density at radius 1 is 1.33 bits per heavy atom. The van der Waals surface area contributed by atoms with Crippen molar-refractivity contribution in [1.29, 1.82) is 5.26 Å². The molecule has 3 nitrogen and oxygen atoms in total. The first-order valence-electron chi connectivity index (χ1n) is 5.97. The van der Waals surface area contributed by atoms with Crippen LogP contribution in [0, 0.1) is 29.1 Å². The standard InChI is InChI=1S/C12H21N3/c1-9-5-15(6-10(9)2)8-12(14,7-13)11-3-4-11/h9-11H,3-6,8,14H2,1-2H3. The summed E-state index contributed by atoms with van der Waals surface area (Å²) in [4.78, 5) is 2.37. The molecule has 3 unspecified atom stereocenters. The monoisotopic (exact) mass is 207 g/mol. The van der Waals surface area contributed by atoms with E-state index in [0.717, 1.165) is 44.3 Å². The van der Waals surface area contributed by atoms with Crippen LogP contribution in [0.25, 0.3) is 0 Å². The van der Waals surface area contributed by atoms with Gasteiger partial charge in [0.2, 0.25) is 0 Å². The maximum absolute atomic E-state index is 9.19. The number of likely N-dealkylation sites (tertiary alicyclic amines) is 1. The van der Waals surface area contributed by atoms with Crippen molar-refractivity contribution in [2.24, 2.45) is 23.5 Å². The second-order valence-corrected chi connectivity index (χ2v) is 5.58. The molecule has 84 valence electrons. The Kier molecular flexibility index (Phi) is 2.74. The topological polar surface area (TPSA) is 53.0 Å². The molecule has 3 atom stereocenters. The Labute approximate surface area is 92.2 Å². The van der Waals surface area contributed by atoms with Gasteiger partial charge in [-0.1, -0.05) is 13.8 Å². The molecule has 0 amide bonds. The van der Waals surface area contributed by atoms with Crippen molar-refractivity contribution < 1.29 is 0 Å². The van der Waals surface area contributed by atoms with Crippen molar-refractivity contribution in [3.8, 4) is 6.07 Å². The SMILES string of the molecule is CC1CN(CC(N)(C#N)C2CC2)CC1C. The molecule has 0 radical (unpaired) electrons. The highest BCUT2D eigenvalue weighted by Gasteiger charge is 2.44. The van der Waals surface area contributed by atoms with Crippen LogP contribution in [0.1, 0.15) is 26.7 Å². The molecule has 2 fully saturated rings. The van der Waals surface area contributed by atoms with Gasteiger partial charge in [-0.15, -0.1) is 0 Å². The predicted octanol–water partition coefficient (Wildman–Crippen LogP) is 1.21. The van der Waals surface area contributed by atoms with Crippen LogP contribution in [-0.4, -0.2) is 30.1 Å². The summed E-state index contributed by atoms with van der Waals surface area (Å²) >= 11 is 0. The Balaban J connectivity index is 1.94. The largest absolute Gasteiger partial charge is 0.312 e. The highest BCUT2D eigenvalue weighted by Crippen LogP contribution is 2.39. The molecule has 0 aromatic carbocycles. The smallest absolute Gasteiger partial charge is 0.119 e. The lowest BCUT2D eigenvalue weighted by Gasteiger charge is -2.27. The minimum Gasteiger partial charge on any atom is -0.312 e. The van der Waals surface area contributed by atoms with Crippen molar-refractivity contribution in [2.45, 2.75) is 32.2 Å². The van der Waals surface area contributed by atoms with Gasteiger partial charge in [0, 0.05) is 19.6 Å². The Hall–Kier alpha value is -0.590. The number of nitriles is 1. The van der Waals surface area contributed by atoms with Crippen molar-refractivity contribution in [3.63, 3.8) is 0 Å². The molecule has 1 heterocycles. The van der Waals surface area contributed by atoms with Crippen LogP contribution in [0.15, 0.2) is 0 Å². The van der Waals surface area contributed by atoms with Crippen LogP contribution in [0.2, 0.25) is 0 Å². The van der Waals surface area contributed by atoms with Crippen LogP contribution >= 0.6 is 0 Å². The molecule has 2 aliphatic rings. The molecule has 1 saturated carbocycles. The molecule has 0 aromatic rings. The highest BCUT2D eigenvalue weighted by atomic mass is 15.2. The number of nitrogens with zero attached hydrogens (tertiary/aromatic N) is 2. The van der Waals surface area contributed by atoms with Crippen LogP contribution < -0.4 is 5.73 Å². The average Bonchev–Trinajstić information content (AvgIpc) is 2.96. The van der Waals surface area contributed by atoms with E-state index < -0.39 is 5.54 Å². The Morgan fingerprint density at radius 2 is 1.87 bits per heavy atom. The first-order chi connectivity index (χ1) is 7.05. The van der Waals surface area contributed by atoms with E-state index in [2.05, 4.69) is 24.8 Å². The molecule has 2 rings (SSSR count). The third-order valence-electron chi connectivity index (χ3n) is 4.06. The molecule has 2 N–H and O–H groups in total. The normalized spacial score (nSPS) is 36.1. The first kappa shape index (κ1) is 10.9. The summed E-state index contributed by atoms with van der Waals surface area (Å²) < 4.78 is 0. The van der Waals surface area contributed by atoms with E-state index in [4.69, 9.17) is 5.73 Å². The summed E-state index contributed by atoms with van der Waals surface area (Å²) in [6.45, 7) is 7.55. The van der Waals surface area contributed by atoms with Gasteiger partial charge in [-0.05, 0) is 30.6 Å². The van der Waals surface area contributed by atoms with Gasteiger partial charge in [0.05, 0.1) is 6.07 Å². The fraction of sp³-hybridized carbons (Fsp3) is 0.917. The maximum Gasteiger partial charge on any atom is 0.119 e. The number of nitrogens with two attached hydrogens (primary N) is 1. The van der Waals surface area contributed by atoms with Crippen LogP contribution in [0.4, 0.5) is 0 Å². The van der Waals surface area contributed by atoms with E-state index in [1.807, 2.05) is 0 Å². The van der Waals surface area contributed by atoms with Crippen molar-refractivity contribution in [3.05, 3.63) is 0 Å². The molecule has 0 spiro atoms. The number of rotatable bonds is 3. The molecule has 15 heavy (non-hydrogen) atoms. The summed E-state index contributed by atoms with van der Waals surface area (Å²) in [6.07, 6.45) is 2.28. The number of hydrogen-bond acceptors (Lipinski definition) is 3. The fourth-order valence-electron chi connectivity index (χ4n) is 2.60. The van der Waals surface area contributed by atoms with Crippen molar-refractivity contribution in [1.82, 2.24) is 4.90 Å². The summed E-state index contributed by atoms with van der Waals surface area (Å²) in [5.41, 5.74) is 5.59. The Bertz CT molecular complexity index is 269. The second-order valence-electron chi connectivity index (χ2n) is 5.58. The number of hydrogen-bond donors (Lipinski definition) is 1. The lowest BCUT2D eigenvalue weighted by Crippen LogP contribution is -2.50. The first-order valence-corrected chi connectivity index (χ1v) is 5.97. The van der Waals surface area contributed by atoms with E-state index in [9.17, 15) is 5.26 Å². The van der Waals surface area contributed by atoms with Crippen LogP contribution in [0.3, 0.4) is 0 Å². The quantitative estimate of drug-likeness (QED) is 0.756. The average molecular weight is 207 g/mol. The van der Waals surface area contributed by atoms with Gasteiger partial charge in [-0.2, -0.15) is 5.26 Å². The zero-order valence-electron chi connectivity index (χ0n) is 9.74. The summed E-state index contributed by atoms with van der Waals surface area (Å²) in [5.74, 6) is 1.94. The lowest BCUT2D eigenvalue weighted by molar-refractivity contribution is 0.255. The molecular formula is C12H21N3. The predicted molar refractivity (Wildman–Crippen MR) is 60.0 cm³/mol. The molecule has 0 bridgehead atoms. The maximum atomic E-state index is 9.19. The van der Waals surface area contributed by atoms with Gasteiger partial charge in [-0.25, -0.2) is 0 Å². The van der Waals surface area contributed by atoms with Crippen LogP contribution in [0.5, 0.6) is 0 Å². The van der Waals surface area contributed by atoms with E-state index in [1.165, 1.54) is 0 Å². The van der Waals surface area contributed by atoms with E-state index in [1.54, 1.807) is 0 Å². The van der Waals surface area contributed by atoms with Crippen molar-refractivity contribution >= 4 is 0 Å². The summed E-state index contributed by atoms with van der Waals surface area (Å²) in [6, 6.07) is 2.33. The van der Waals surface area contributed by atoms with Gasteiger partial charge in [0.15, 0.2) is 0 Å².